The van der Waals surface area contributed by atoms with Gasteiger partial charge in [0.1, 0.15) is 17.5 Å². The number of Topliss-reactive ketones (excluding diaryl/α,β-unsaturated/α-hetero) is 1. The molecule has 4 heterocycles. The Morgan fingerprint density at radius 3 is 2.42 bits per heavy atom. The summed E-state index contributed by atoms with van der Waals surface area (Å²) in [6.07, 6.45) is 4.19. The van der Waals surface area contributed by atoms with Crippen molar-refractivity contribution < 1.29 is 31.5 Å². The largest absolute Gasteiger partial charge is 0.374 e. The second kappa shape index (κ2) is 12.1. The average molecular weight is 618 g/mol. The highest BCUT2D eigenvalue weighted by Crippen LogP contribution is 2.40. The van der Waals surface area contributed by atoms with E-state index in [1.165, 1.54) is 15.9 Å². The highest BCUT2D eigenvalue weighted by Gasteiger charge is 2.32. The van der Waals surface area contributed by atoms with Gasteiger partial charge < -0.3 is 14.8 Å². The van der Waals surface area contributed by atoms with Gasteiger partial charge in [-0.15, -0.1) is 0 Å². The van der Waals surface area contributed by atoms with Crippen LogP contribution < -0.4 is 9.62 Å². The number of hydrogen-bond acceptors (Lipinski definition) is 8. The third-order valence-corrected chi connectivity index (χ3v) is 9.63. The van der Waals surface area contributed by atoms with E-state index in [4.69, 9.17) is 9.47 Å². The van der Waals surface area contributed by atoms with Gasteiger partial charge >= 0.3 is 0 Å². The first kappa shape index (κ1) is 29.9. The average Bonchev–Trinajstić information content (AvgIpc) is 3.78. The van der Waals surface area contributed by atoms with Gasteiger partial charge in [0.15, 0.2) is 11.5 Å². The highest BCUT2D eigenvalue weighted by atomic mass is 32.2. The Balaban J connectivity index is 1.48. The van der Waals surface area contributed by atoms with Gasteiger partial charge in [-0.3, -0.25) is 13.7 Å². The molecule has 43 heavy (non-hydrogen) atoms. The molecule has 10 nitrogen and oxygen atoms in total. The van der Waals surface area contributed by atoms with Crippen molar-refractivity contribution in [2.75, 3.05) is 36.1 Å². The predicted octanol–water partition coefficient (Wildman–Crippen LogP) is 5.97. The zero-order valence-corrected chi connectivity index (χ0v) is 25.2. The zero-order valence-electron chi connectivity index (χ0n) is 24.4. The fraction of sp³-hybridized carbons (Fsp3) is 0.567. The molecule has 0 amide bonds. The Labute approximate surface area is 249 Å². The fourth-order valence-electron chi connectivity index (χ4n) is 5.85. The van der Waals surface area contributed by atoms with Crippen LogP contribution >= 0.6 is 0 Å². The van der Waals surface area contributed by atoms with E-state index in [9.17, 15) is 22.0 Å². The maximum absolute atomic E-state index is 14.4. The molecular formula is C30H37F2N5O5S. The fourth-order valence-corrected chi connectivity index (χ4v) is 6.36. The summed E-state index contributed by atoms with van der Waals surface area (Å²) in [6.45, 7) is 1.08. The molecule has 0 bridgehead atoms. The maximum Gasteiger partial charge on any atom is 0.295 e. The van der Waals surface area contributed by atoms with Crippen LogP contribution in [0.1, 0.15) is 87.2 Å². The highest BCUT2D eigenvalue weighted by molar-refractivity contribution is 7.92. The van der Waals surface area contributed by atoms with Crippen LogP contribution in [0.15, 0.2) is 24.3 Å². The number of pyridine rings is 1. The van der Waals surface area contributed by atoms with Gasteiger partial charge in [0.25, 0.3) is 6.43 Å². The quantitative estimate of drug-likeness (QED) is 0.296. The van der Waals surface area contributed by atoms with Crippen LogP contribution in [0.3, 0.4) is 0 Å². The Morgan fingerprint density at radius 2 is 1.79 bits per heavy atom. The number of nitrogens with one attached hydrogen (secondary N) is 1. The van der Waals surface area contributed by atoms with Crippen molar-refractivity contribution in [2.24, 2.45) is 5.92 Å². The third-order valence-electron chi connectivity index (χ3n) is 8.43. The smallest absolute Gasteiger partial charge is 0.295 e. The molecule has 6 rings (SSSR count). The van der Waals surface area contributed by atoms with Crippen LogP contribution in [0.25, 0.3) is 11.2 Å². The first-order valence-corrected chi connectivity index (χ1v) is 16.8. The number of anilines is 3. The van der Waals surface area contributed by atoms with E-state index < -0.39 is 28.5 Å². The molecular weight excluding hydrogens is 580 g/mol. The number of benzene rings is 1. The lowest BCUT2D eigenvalue weighted by Gasteiger charge is -2.27. The van der Waals surface area contributed by atoms with E-state index in [1.807, 2.05) is 6.07 Å². The molecule has 3 fully saturated rings. The number of imidazole rings is 1. The van der Waals surface area contributed by atoms with E-state index in [-0.39, 0.29) is 35.4 Å². The summed E-state index contributed by atoms with van der Waals surface area (Å²) in [7, 11) is -2.19. The van der Waals surface area contributed by atoms with Crippen LogP contribution in [0, 0.1) is 5.92 Å². The number of aromatic nitrogens is 3. The molecule has 2 atom stereocenters. The molecule has 2 saturated heterocycles. The molecule has 0 spiro atoms. The monoisotopic (exact) mass is 617 g/mol. The molecule has 2 unspecified atom stereocenters. The Morgan fingerprint density at radius 1 is 1.05 bits per heavy atom. The normalized spacial score (nSPS) is 21.3. The number of sulfonamides is 1. The SMILES string of the molecule is CN(c1cc(C2CCCCO2)ccc1Nc1cc(CC(=O)C2CC2)nc2c1nc(C(F)F)n2C1CCCCO1)S(C)(=O)=O. The summed E-state index contributed by atoms with van der Waals surface area (Å²) >= 11 is 0. The van der Waals surface area contributed by atoms with Crippen molar-refractivity contribution in [3.05, 3.63) is 41.3 Å². The van der Waals surface area contributed by atoms with E-state index in [0.717, 1.165) is 56.8 Å². The number of ether oxygens (including phenoxy) is 2. The molecule has 1 N–H and O–H groups in total. The van der Waals surface area contributed by atoms with Gasteiger partial charge in [-0.1, -0.05) is 6.07 Å². The minimum atomic E-state index is -3.66. The third kappa shape index (κ3) is 6.39. The molecule has 2 aromatic heterocycles. The van der Waals surface area contributed by atoms with Crippen LogP contribution in [-0.2, 0) is 30.7 Å². The van der Waals surface area contributed by atoms with E-state index in [1.54, 1.807) is 18.2 Å². The molecule has 13 heteroatoms. The lowest BCUT2D eigenvalue weighted by molar-refractivity contribution is -0.119. The summed E-state index contributed by atoms with van der Waals surface area (Å²) in [5, 5.41) is 3.28. The summed E-state index contributed by atoms with van der Waals surface area (Å²) < 4.78 is 68.5. The van der Waals surface area contributed by atoms with Crippen molar-refractivity contribution in [2.45, 2.75) is 76.5 Å². The van der Waals surface area contributed by atoms with E-state index in [0.29, 0.717) is 42.4 Å². The van der Waals surface area contributed by atoms with Crippen molar-refractivity contribution >= 4 is 44.0 Å². The van der Waals surface area contributed by atoms with E-state index >= 15 is 0 Å². The summed E-state index contributed by atoms with van der Waals surface area (Å²) in [5.74, 6) is -0.399. The molecule has 1 saturated carbocycles. The van der Waals surface area contributed by atoms with Gasteiger partial charge in [0.2, 0.25) is 10.0 Å². The molecule has 1 aliphatic carbocycles. The second-order valence-corrected chi connectivity index (χ2v) is 13.7. The molecule has 3 aromatic rings. The van der Waals surface area contributed by atoms with Crippen molar-refractivity contribution in [1.82, 2.24) is 14.5 Å². The minimum Gasteiger partial charge on any atom is -0.374 e. The number of halogens is 2. The number of carbonyl (C=O) groups is 1. The first-order chi connectivity index (χ1) is 20.6. The second-order valence-electron chi connectivity index (χ2n) is 11.7. The lowest BCUT2D eigenvalue weighted by atomic mass is 10.0. The Kier molecular flexibility index (Phi) is 8.40. The number of fused-ring (bicyclic) bond motifs is 1. The molecule has 2 aliphatic heterocycles. The Bertz CT molecular complexity index is 1610. The summed E-state index contributed by atoms with van der Waals surface area (Å²) in [6, 6.07) is 7.08. The van der Waals surface area contributed by atoms with Crippen LogP contribution in [0.4, 0.5) is 25.8 Å². The maximum atomic E-state index is 14.4. The molecule has 3 aliphatic rings. The first-order valence-electron chi connectivity index (χ1n) is 14.9. The number of rotatable bonds is 10. The van der Waals surface area contributed by atoms with Gasteiger partial charge in [-0.25, -0.2) is 27.2 Å². The topological polar surface area (TPSA) is 116 Å². The number of carbonyl (C=O) groups excluding carboxylic acids is 1. The predicted molar refractivity (Wildman–Crippen MR) is 158 cm³/mol. The number of ketones is 1. The number of alkyl halides is 2. The number of nitrogens with zero attached hydrogens (tertiary/aromatic N) is 4. The zero-order chi connectivity index (χ0) is 30.3. The van der Waals surface area contributed by atoms with Crippen molar-refractivity contribution in [1.29, 1.82) is 0 Å². The van der Waals surface area contributed by atoms with E-state index in [2.05, 4.69) is 15.3 Å². The van der Waals surface area contributed by atoms with Crippen molar-refractivity contribution in [3.63, 3.8) is 0 Å². The molecule has 1 aromatic carbocycles. The van der Waals surface area contributed by atoms with Crippen LogP contribution in [0.5, 0.6) is 0 Å². The lowest BCUT2D eigenvalue weighted by Crippen LogP contribution is -2.26. The van der Waals surface area contributed by atoms with Gasteiger partial charge in [-0.2, -0.15) is 0 Å². The standard InChI is InChI=1S/C30H37F2N5O5S/c1-36(43(2,39)40)23-15-19(25-7-3-5-13-41-25)11-12-21(23)34-22-16-20(17-24(38)18-9-10-18)33-29-27(22)35-30(28(31)32)37(29)26-8-4-6-14-42-26/h11-12,15-16,18,25-26,28H,3-10,13-14,17H2,1-2H3,(H,33,34). The Hall–Kier alpha value is -3.16. The van der Waals surface area contributed by atoms with Crippen molar-refractivity contribution in [3.8, 4) is 0 Å². The van der Waals surface area contributed by atoms with Gasteiger partial charge in [0, 0.05) is 32.6 Å². The summed E-state index contributed by atoms with van der Waals surface area (Å²) in [5.41, 5.74) is 2.83. The van der Waals surface area contributed by atoms with Gasteiger partial charge in [0.05, 0.1) is 35.1 Å². The molecule has 232 valence electrons. The summed E-state index contributed by atoms with van der Waals surface area (Å²) in [4.78, 5) is 21.8. The van der Waals surface area contributed by atoms with Crippen LogP contribution in [-0.4, -0.2) is 55.3 Å². The molecule has 0 radical (unpaired) electrons. The number of hydrogen-bond donors (Lipinski definition) is 1. The van der Waals surface area contributed by atoms with Gasteiger partial charge in [-0.05, 0) is 75.1 Å². The van der Waals surface area contributed by atoms with Crippen LogP contribution in [0.2, 0.25) is 0 Å². The minimum absolute atomic E-state index is 0.00156.